The molecule has 164 valence electrons. The molecule has 0 aliphatic rings. The Hall–Kier alpha value is -2.62. The molecule has 10 heteroatoms. The number of nitrogens with one attached hydrogen (secondary N) is 3. The maximum atomic E-state index is 12.6. The molecule has 1 heterocycles. The summed E-state index contributed by atoms with van der Waals surface area (Å²) in [6.07, 6.45) is -2.79. The van der Waals surface area contributed by atoms with Gasteiger partial charge in [-0.05, 0) is 31.0 Å². The first-order valence-electron chi connectivity index (χ1n) is 9.74. The molecule has 0 spiro atoms. The molecular weight excluding hydrogens is 415 g/mol. The van der Waals surface area contributed by atoms with E-state index in [9.17, 15) is 18.0 Å². The zero-order valence-electron chi connectivity index (χ0n) is 17.0. The molecule has 3 N–H and O–H groups in total. The molecule has 0 fully saturated rings. The van der Waals surface area contributed by atoms with Gasteiger partial charge in [0.15, 0.2) is 11.7 Å². The van der Waals surface area contributed by atoms with Crippen molar-refractivity contribution in [1.29, 1.82) is 0 Å². The Morgan fingerprint density at radius 2 is 2.03 bits per heavy atom. The van der Waals surface area contributed by atoms with Crippen molar-refractivity contribution in [3.8, 4) is 0 Å². The van der Waals surface area contributed by atoms with Crippen molar-refractivity contribution in [2.24, 2.45) is 4.99 Å². The number of rotatable bonds is 9. The van der Waals surface area contributed by atoms with Crippen LogP contribution in [0, 0.1) is 0 Å². The maximum absolute atomic E-state index is 12.6. The number of thiazole rings is 1. The Bertz CT molecular complexity index is 851. The third kappa shape index (κ3) is 8.02. The van der Waals surface area contributed by atoms with Crippen LogP contribution in [0.1, 0.15) is 43.0 Å². The summed E-state index contributed by atoms with van der Waals surface area (Å²) in [4.78, 5) is 19.9. The van der Waals surface area contributed by atoms with E-state index in [0.29, 0.717) is 43.4 Å². The predicted octanol–water partition coefficient (Wildman–Crippen LogP) is 4.20. The third-order valence-electron chi connectivity index (χ3n) is 3.93. The molecule has 1 aromatic heterocycles. The lowest BCUT2D eigenvalue weighted by Gasteiger charge is -2.11. The van der Waals surface area contributed by atoms with Crippen LogP contribution in [-0.4, -0.2) is 29.9 Å². The molecule has 0 saturated heterocycles. The van der Waals surface area contributed by atoms with Gasteiger partial charge in [-0.25, -0.2) is 9.98 Å². The van der Waals surface area contributed by atoms with E-state index >= 15 is 0 Å². The smallest absolute Gasteiger partial charge is 0.357 e. The minimum atomic E-state index is -4.41. The first-order chi connectivity index (χ1) is 14.3. The van der Waals surface area contributed by atoms with E-state index in [0.717, 1.165) is 34.4 Å². The van der Waals surface area contributed by atoms with Gasteiger partial charge in [-0.1, -0.05) is 19.1 Å². The molecule has 6 nitrogen and oxygen atoms in total. The number of alkyl halides is 3. The van der Waals surface area contributed by atoms with Gasteiger partial charge in [0, 0.05) is 37.0 Å². The molecule has 0 radical (unpaired) electrons. The average Bonchev–Trinajstić information content (AvgIpc) is 3.16. The Morgan fingerprint density at radius 1 is 1.23 bits per heavy atom. The summed E-state index contributed by atoms with van der Waals surface area (Å²) in [5.74, 6) is 0.537. The molecule has 0 aliphatic carbocycles. The molecule has 0 unspecified atom stereocenters. The van der Waals surface area contributed by atoms with Crippen molar-refractivity contribution in [3.05, 3.63) is 45.9 Å². The zero-order chi connectivity index (χ0) is 22.0. The number of anilines is 1. The second-order valence-corrected chi connectivity index (χ2v) is 7.44. The predicted molar refractivity (Wildman–Crippen MR) is 114 cm³/mol. The topological polar surface area (TPSA) is 78.4 Å². The normalized spacial score (nSPS) is 12.0. The van der Waals surface area contributed by atoms with Gasteiger partial charge in [0.25, 0.3) is 0 Å². The molecule has 30 heavy (non-hydrogen) atoms. The number of hydrogen-bond donors (Lipinski definition) is 3. The van der Waals surface area contributed by atoms with Crippen molar-refractivity contribution in [1.82, 2.24) is 15.6 Å². The fourth-order valence-electron chi connectivity index (χ4n) is 2.55. The highest BCUT2D eigenvalue weighted by Gasteiger charge is 2.33. The van der Waals surface area contributed by atoms with E-state index in [1.54, 1.807) is 0 Å². The summed E-state index contributed by atoms with van der Waals surface area (Å²) in [5.41, 5.74) is 0.800. The maximum Gasteiger partial charge on any atom is 0.434 e. The van der Waals surface area contributed by atoms with Gasteiger partial charge < -0.3 is 16.0 Å². The lowest BCUT2D eigenvalue weighted by molar-refractivity contribution is -0.140. The molecular formula is C20H26F3N5OS. The molecule has 0 aliphatic heterocycles. The highest BCUT2D eigenvalue weighted by molar-refractivity contribution is 7.09. The number of carbonyl (C=O) groups is 1. The Morgan fingerprint density at radius 3 is 2.70 bits per heavy atom. The van der Waals surface area contributed by atoms with Crippen LogP contribution < -0.4 is 16.0 Å². The van der Waals surface area contributed by atoms with Crippen molar-refractivity contribution in [3.63, 3.8) is 0 Å². The number of benzene rings is 1. The first-order valence-corrected chi connectivity index (χ1v) is 10.6. The van der Waals surface area contributed by atoms with Gasteiger partial charge in [0.1, 0.15) is 0 Å². The van der Waals surface area contributed by atoms with E-state index < -0.39 is 11.9 Å². The number of nitrogens with zero attached hydrogens (tertiary/aromatic N) is 2. The molecule has 0 saturated carbocycles. The second kappa shape index (κ2) is 11.5. The van der Waals surface area contributed by atoms with Crippen LogP contribution in [0.5, 0.6) is 0 Å². The van der Waals surface area contributed by atoms with Gasteiger partial charge in [-0.15, -0.1) is 11.3 Å². The van der Waals surface area contributed by atoms with Crippen molar-refractivity contribution < 1.29 is 18.0 Å². The monoisotopic (exact) mass is 441 g/mol. The largest absolute Gasteiger partial charge is 0.434 e. The molecule has 1 aromatic carbocycles. The van der Waals surface area contributed by atoms with E-state index in [4.69, 9.17) is 0 Å². The number of carbonyl (C=O) groups excluding carboxylic acids is 1. The van der Waals surface area contributed by atoms with E-state index in [1.165, 1.54) is 0 Å². The summed E-state index contributed by atoms with van der Waals surface area (Å²) >= 11 is 0.996. The summed E-state index contributed by atoms with van der Waals surface area (Å²) < 4.78 is 37.9. The van der Waals surface area contributed by atoms with Crippen LogP contribution in [0.25, 0.3) is 0 Å². The van der Waals surface area contributed by atoms with E-state index in [-0.39, 0.29) is 5.91 Å². The fourth-order valence-corrected chi connectivity index (χ4v) is 3.36. The number of aliphatic imine (C=N–C) groups is 1. The number of amides is 1. The van der Waals surface area contributed by atoms with Gasteiger partial charge in [-0.3, -0.25) is 4.79 Å². The Kier molecular flexibility index (Phi) is 9.10. The standard InChI is InChI=1S/C20H26F3N5OS/c1-3-6-17(29)27-15-8-5-7-14(11-15)12-26-19(24-4-2)25-10-9-18-28-16(13-30-18)20(21,22)23/h5,7-8,11,13H,3-4,6,9-10,12H2,1-2H3,(H,27,29)(H2,24,25,26). The zero-order valence-corrected chi connectivity index (χ0v) is 17.8. The van der Waals surface area contributed by atoms with Crippen molar-refractivity contribution in [2.75, 3.05) is 18.4 Å². The number of guanidine groups is 1. The molecule has 0 atom stereocenters. The lowest BCUT2D eigenvalue weighted by atomic mass is 10.2. The SMILES string of the molecule is CCCC(=O)Nc1cccc(CN=C(NCC)NCCc2nc(C(F)(F)F)cs2)c1. The van der Waals surface area contributed by atoms with Crippen molar-refractivity contribution in [2.45, 2.75) is 45.8 Å². The first kappa shape index (κ1) is 23.7. The third-order valence-corrected chi connectivity index (χ3v) is 4.83. The summed E-state index contributed by atoms with van der Waals surface area (Å²) in [6, 6.07) is 7.46. The fraction of sp³-hybridized carbons (Fsp3) is 0.450. The molecule has 2 rings (SSSR count). The number of hydrogen-bond acceptors (Lipinski definition) is 4. The Balaban J connectivity index is 1.91. The van der Waals surface area contributed by atoms with Crippen LogP contribution in [0.4, 0.5) is 18.9 Å². The van der Waals surface area contributed by atoms with Crippen LogP contribution >= 0.6 is 11.3 Å². The quantitative estimate of drug-likeness (QED) is 0.403. The van der Waals surface area contributed by atoms with Gasteiger partial charge in [0.05, 0.1) is 11.6 Å². The van der Waals surface area contributed by atoms with E-state index in [1.807, 2.05) is 38.1 Å². The van der Waals surface area contributed by atoms with Crippen LogP contribution in [0.3, 0.4) is 0 Å². The van der Waals surface area contributed by atoms with Gasteiger partial charge >= 0.3 is 6.18 Å². The summed E-state index contributed by atoms with van der Waals surface area (Å²) in [7, 11) is 0. The number of halogens is 3. The minimum Gasteiger partial charge on any atom is -0.357 e. The van der Waals surface area contributed by atoms with Crippen molar-refractivity contribution >= 4 is 28.9 Å². The highest BCUT2D eigenvalue weighted by Crippen LogP contribution is 2.30. The molecule has 0 bridgehead atoms. The minimum absolute atomic E-state index is 0.0241. The lowest BCUT2D eigenvalue weighted by Crippen LogP contribution is -2.38. The number of aromatic nitrogens is 1. The summed E-state index contributed by atoms with van der Waals surface area (Å²) in [5, 5.41) is 10.5. The Labute approximate surface area is 178 Å². The summed E-state index contributed by atoms with van der Waals surface area (Å²) in [6.45, 7) is 5.32. The molecule has 1 amide bonds. The average molecular weight is 442 g/mol. The van der Waals surface area contributed by atoms with Crippen LogP contribution in [-0.2, 0) is 23.9 Å². The highest BCUT2D eigenvalue weighted by atomic mass is 32.1. The second-order valence-electron chi connectivity index (χ2n) is 6.49. The van der Waals surface area contributed by atoms with Crippen LogP contribution in [0.2, 0.25) is 0 Å². The van der Waals surface area contributed by atoms with Gasteiger partial charge in [0.2, 0.25) is 5.91 Å². The van der Waals surface area contributed by atoms with E-state index in [2.05, 4.69) is 25.9 Å². The van der Waals surface area contributed by atoms with Crippen LogP contribution in [0.15, 0.2) is 34.6 Å². The van der Waals surface area contributed by atoms with Gasteiger partial charge in [-0.2, -0.15) is 13.2 Å². The molecule has 2 aromatic rings.